The van der Waals surface area contributed by atoms with Gasteiger partial charge < -0.3 is 10.2 Å². The van der Waals surface area contributed by atoms with Crippen LogP contribution in [0.1, 0.15) is 32.8 Å². The first-order valence-corrected chi connectivity index (χ1v) is 8.52. The molecule has 1 aliphatic rings. The first-order chi connectivity index (χ1) is 10.2. The molecule has 3 nitrogen and oxygen atoms in total. The second kappa shape index (κ2) is 8.02. The van der Waals surface area contributed by atoms with Gasteiger partial charge in [-0.15, -0.1) is 0 Å². The fraction of sp³-hybridized carbons (Fsp3) is 0.647. The Bertz CT molecular complexity index is 450. The number of nitrogens with one attached hydrogen (secondary N) is 1. The van der Waals surface area contributed by atoms with Crippen LogP contribution in [0.15, 0.2) is 18.2 Å². The smallest absolute Gasteiger partial charge is 0.0471 e. The third-order valence-corrected chi connectivity index (χ3v) is 4.69. The van der Waals surface area contributed by atoms with E-state index in [4.69, 9.17) is 11.6 Å². The van der Waals surface area contributed by atoms with Crippen molar-refractivity contribution in [2.45, 2.75) is 39.8 Å². The first kappa shape index (κ1) is 16.6. The van der Waals surface area contributed by atoms with E-state index >= 15 is 0 Å². The van der Waals surface area contributed by atoms with Crippen LogP contribution in [0.2, 0.25) is 5.02 Å². The lowest BCUT2D eigenvalue weighted by Crippen LogP contribution is -2.52. The molecule has 1 aromatic rings. The van der Waals surface area contributed by atoms with Gasteiger partial charge in [0.25, 0.3) is 0 Å². The Morgan fingerprint density at radius 1 is 1.29 bits per heavy atom. The molecule has 1 heterocycles. The number of anilines is 1. The molecule has 1 N–H and O–H groups in total. The van der Waals surface area contributed by atoms with Crippen molar-refractivity contribution in [1.29, 1.82) is 0 Å². The minimum Gasteiger partial charge on any atom is -0.368 e. The van der Waals surface area contributed by atoms with Gasteiger partial charge in [-0.3, -0.25) is 4.90 Å². The summed E-state index contributed by atoms with van der Waals surface area (Å²) in [6.45, 7) is 13.1. The lowest BCUT2D eigenvalue weighted by Gasteiger charge is -2.41. The number of likely N-dealkylation sites (N-methyl/N-ethyl adjacent to an activating group) is 1. The van der Waals surface area contributed by atoms with E-state index < -0.39 is 0 Å². The lowest BCUT2D eigenvalue weighted by atomic mass is 10.1. The number of benzene rings is 1. The van der Waals surface area contributed by atoms with E-state index in [2.05, 4.69) is 48.0 Å². The molecule has 4 heteroatoms. The highest BCUT2D eigenvalue weighted by Gasteiger charge is 2.24. The summed E-state index contributed by atoms with van der Waals surface area (Å²) in [6.07, 6.45) is 1.14. The van der Waals surface area contributed by atoms with Crippen molar-refractivity contribution in [2.24, 2.45) is 0 Å². The van der Waals surface area contributed by atoms with Gasteiger partial charge in [-0.2, -0.15) is 0 Å². The molecule has 0 radical (unpaired) electrons. The van der Waals surface area contributed by atoms with Crippen LogP contribution >= 0.6 is 11.6 Å². The Labute approximate surface area is 134 Å². The maximum Gasteiger partial charge on any atom is 0.0471 e. The molecule has 21 heavy (non-hydrogen) atoms. The minimum atomic E-state index is 0.596. The predicted molar refractivity (Wildman–Crippen MR) is 92.4 cm³/mol. The van der Waals surface area contributed by atoms with Gasteiger partial charge in [-0.1, -0.05) is 31.5 Å². The number of hydrogen-bond donors (Lipinski definition) is 1. The molecular formula is C17H28ClN3. The van der Waals surface area contributed by atoms with E-state index in [0.29, 0.717) is 6.04 Å². The average molecular weight is 310 g/mol. The van der Waals surface area contributed by atoms with Crippen LogP contribution in [0.3, 0.4) is 0 Å². The molecule has 0 spiro atoms. The monoisotopic (exact) mass is 309 g/mol. The number of halogens is 1. The van der Waals surface area contributed by atoms with Crippen LogP contribution < -0.4 is 10.2 Å². The summed E-state index contributed by atoms with van der Waals surface area (Å²) >= 11 is 6.44. The van der Waals surface area contributed by atoms with E-state index in [9.17, 15) is 0 Å². The molecule has 1 fully saturated rings. The Morgan fingerprint density at radius 3 is 2.76 bits per heavy atom. The SMILES string of the molecule is CCCNCc1c(Cl)cccc1N1CCN(CC)C(C)C1. The fourth-order valence-corrected chi connectivity index (χ4v) is 3.33. The van der Waals surface area contributed by atoms with Gasteiger partial charge in [-0.05, 0) is 38.6 Å². The molecule has 1 aromatic carbocycles. The van der Waals surface area contributed by atoms with Crippen molar-refractivity contribution in [3.63, 3.8) is 0 Å². The Balaban J connectivity index is 2.13. The van der Waals surface area contributed by atoms with Crippen LogP contribution in [0.25, 0.3) is 0 Å². The van der Waals surface area contributed by atoms with Crippen LogP contribution in [0.5, 0.6) is 0 Å². The van der Waals surface area contributed by atoms with E-state index in [1.807, 2.05) is 6.07 Å². The molecule has 0 saturated carbocycles. The highest BCUT2D eigenvalue weighted by atomic mass is 35.5. The van der Waals surface area contributed by atoms with Gasteiger partial charge in [0.1, 0.15) is 0 Å². The zero-order valence-electron chi connectivity index (χ0n) is 13.5. The number of piperazine rings is 1. The summed E-state index contributed by atoms with van der Waals surface area (Å²) in [5.41, 5.74) is 2.54. The molecule has 0 bridgehead atoms. The molecule has 0 aromatic heterocycles. The Kier molecular flexibility index (Phi) is 6.34. The molecule has 0 aliphatic carbocycles. The van der Waals surface area contributed by atoms with Crippen molar-refractivity contribution in [2.75, 3.05) is 37.6 Å². The highest BCUT2D eigenvalue weighted by Crippen LogP contribution is 2.29. The fourth-order valence-electron chi connectivity index (χ4n) is 3.09. The van der Waals surface area contributed by atoms with Crippen LogP contribution in [-0.4, -0.2) is 43.7 Å². The summed E-state index contributed by atoms with van der Waals surface area (Å²) in [5.74, 6) is 0. The second-order valence-electron chi connectivity index (χ2n) is 5.84. The van der Waals surface area contributed by atoms with Crippen molar-refractivity contribution in [3.8, 4) is 0 Å². The summed E-state index contributed by atoms with van der Waals surface area (Å²) in [6, 6.07) is 6.87. The molecular weight excluding hydrogens is 282 g/mol. The van der Waals surface area contributed by atoms with Crippen molar-refractivity contribution in [1.82, 2.24) is 10.2 Å². The van der Waals surface area contributed by atoms with E-state index in [-0.39, 0.29) is 0 Å². The quantitative estimate of drug-likeness (QED) is 0.813. The van der Waals surface area contributed by atoms with Gasteiger partial charge in [0, 0.05) is 48.5 Å². The topological polar surface area (TPSA) is 18.5 Å². The van der Waals surface area contributed by atoms with Crippen molar-refractivity contribution >= 4 is 17.3 Å². The highest BCUT2D eigenvalue weighted by molar-refractivity contribution is 6.31. The van der Waals surface area contributed by atoms with Crippen LogP contribution in [-0.2, 0) is 6.54 Å². The largest absolute Gasteiger partial charge is 0.368 e. The third-order valence-electron chi connectivity index (χ3n) is 4.33. The number of rotatable bonds is 6. The van der Waals surface area contributed by atoms with Crippen LogP contribution in [0.4, 0.5) is 5.69 Å². The van der Waals surface area contributed by atoms with Crippen molar-refractivity contribution in [3.05, 3.63) is 28.8 Å². The van der Waals surface area contributed by atoms with Gasteiger partial charge in [0.2, 0.25) is 0 Å². The Hall–Kier alpha value is -0.770. The predicted octanol–water partition coefficient (Wildman–Crippen LogP) is 3.37. The molecule has 0 amide bonds. The third kappa shape index (κ3) is 4.12. The Morgan fingerprint density at radius 2 is 2.10 bits per heavy atom. The second-order valence-corrected chi connectivity index (χ2v) is 6.25. The minimum absolute atomic E-state index is 0.596. The summed E-state index contributed by atoms with van der Waals surface area (Å²) in [7, 11) is 0. The molecule has 118 valence electrons. The molecule has 1 aliphatic heterocycles. The average Bonchev–Trinajstić information content (AvgIpc) is 2.49. The van der Waals surface area contributed by atoms with E-state index in [1.165, 1.54) is 11.3 Å². The van der Waals surface area contributed by atoms with Gasteiger partial charge in [0.15, 0.2) is 0 Å². The maximum atomic E-state index is 6.44. The first-order valence-electron chi connectivity index (χ1n) is 8.14. The zero-order valence-corrected chi connectivity index (χ0v) is 14.3. The number of nitrogens with zero attached hydrogens (tertiary/aromatic N) is 2. The lowest BCUT2D eigenvalue weighted by molar-refractivity contribution is 0.199. The molecule has 2 rings (SSSR count). The van der Waals surface area contributed by atoms with Gasteiger partial charge in [0.05, 0.1) is 0 Å². The molecule has 1 atom stereocenters. The van der Waals surface area contributed by atoms with E-state index in [0.717, 1.165) is 50.7 Å². The number of hydrogen-bond acceptors (Lipinski definition) is 3. The summed E-state index contributed by atoms with van der Waals surface area (Å²) < 4.78 is 0. The van der Waals surface area contributed by atoms with Crippen LogP contribution in [0, 0.1) is 0 Å². The standard InChI is InChI=1S/C17H28ClN3/c1-4-9-19-12-15-16(18)7-6-8-17(15)21-11-10-20(5-2)14(3)13-21/h6-8,14,19H,4-5,9-13H2,1-3H3. The van der Waals surface area contributed by atoms with Crippen molar-refractivity contribution < 1.29 is 0 Å². The normalized spacial score (nSPS) is 20.0. The maximum absolute atomic E-state index is 6.44. The zero-order chi connectivity index (χ0) is 15.2. The van der Waals surface area contributed by atoms with Gasteiger partial charge >= 0.3 is 0 Å². The van der Waals surface area contributed by atoms with E-state index in [1.54, 1.807) is 0 Å². The summed E-state index contributed by atoms with van der Waals surface area (Å²) in [4.78, 5) is 5.03. The summed E-state index contributed by atoms with van der Waals surface area (Å²) in [5, 5.41) is 4.36. The molecule has 1 saturated heterocycles. The van der Waals surface area contributed by atoms with Gasteiger partial charge in [-0.25, -0.2) is 0 Å². The molecule has 1 unspecified atom stereocenters.